The first-order chi connectivity index (χ1) is 11.3. The van der Waals surface area contributed by atoms with Gasteiger partial charge in [0, 0.05) is 13.1 Å². The minimum atomic E-state index is -4.01. The normalized spacial score (nSPS) is 11.5. The van der Waals surface area contributed by atoms with Crippen LogP contribution in [0.4, 0.5) is 5.69 Å². The lowest BCUT2D eigenvalue weighted by Gasteiger charge is -2.28. The zero-order valence-electron chi connectivity index (χ0n) is 14.4. The number of carboxylic acid groups (broad SMARTS) is 1. The van der Waals surface area contributed by atoms with E-state index in [0.717, 1.165) is 44.8 Å². The van der Waals surface area contributed by atoms with E-state index in [1.807, 2.05) is 0 Å². The van der Waals surface area contributed by atoms with Crippen LogP contribution in [0.5, 0.6) is 0 Å². The number of sulfonamides is 1. The summed E-state index contributed by atoms with van der Waals surface area (Å²) in [5.41, 5.74) is 0.568. The van der Waals surface area contributed by atoms with Crippen LogP contribution in [-0.4, -0.2) is 38.8 Å². The van der Waals surface area contributed by atoms with Crippen molar-refractivity contribution in [3.05, 3.63) is 17.7 Å². The Morgan fingerprint density at radius 2 is 1.75 bits per heavy atom. The van der Waals surface area contributed by atoms with Crippen LogP contribution in [0.25, 0.3) is 0 Å². The largest absolute Gasteiger partial charge is 0.478 e. The van der Waals surface area contributed by atoms with Crippen LogP contribution in [0.15, 0.2) is 21.9 Å². The second-order valence-corrected chi connectivity index (χ2v) is 7.92. The van der Waals surface area contributed by atoms with Crippen LogP contribution >= 0.6 is 11.8 Å². The minimum Gasteiger partial charge on any atom is -0.478 e. The maximum atomic E-state index is 11.9. The van der Waals surface area contributed by atoms with E-state index < -0.39 is 16.0 Å². The molecule has 0 atom stereocenters. The van der Waals surface area contributed by atoms with Gasteiger partial charge in [0.25, 0.3) is 0 Å². The number of nitrogens with zero attached hydrogens (tertiary/aromatic N) is 1. The van der Waals surface area contributed by atoms with Crippen molar-refractivity contribution >= 4 is 33.4 Å². The van der Waals surface area contributed by atoms with Gasteiger partial charge >= 0.3 is 5.97 Å². The zero-order valence-corrected chi connectivity index (χ0v) is 16.0. The average molecular weight is 375 g/mol. The summed E-state index contributed by atoms with van der Waals surface area (Å²) in [5, 5.41) is 14.7. The zero-order chi connectivity index (χ0) is 18.3. The molecule has 0 aliphatic heterocycles. The summed E-state index contributed by atoms with van der Waals surface area (Å²) in [6.45, 7) is 5.65. The molecule has 0 fully saturated rings. The van der Waals surface area contributed by atoms with Crippen molar-refractivity contribution in [3.63, 3.8) is 0 Å². The molecule has 1 aromatic rings. The Bertz CT molecular complexity index is 667. The second-order valence-electron chi connectivity index (χ2n) is 5.57. The van der Waals surface area contributed by atoms with Crippen molar-refractivity contribution in [2.75, 3.05) is 24.2 Å². The number of carbonyl (C=O) groups is 1. The molecular weight excluding hydrogens is 348 g/mol. The van der Waals surface area contributed by atoms with Gasteiger partial charge in [0.1, 0.15) is 0 Å². The van der Waals surface area contributed by atoms with Gasteiger partial charge in [0.2, 0.25) is 10.0 Å². The van der Waals surface area contributed by atoms with Gasteiger partial charge in [0.05, 0.1) is 21.0 Å². The van der Waals surface area contributed by atoms with Crippen LogP contribution in [-0.2, 0) is 10.0 Å². The lowest BCUT2D eigenvalue weighted by molar-refractivity contribution is 0.0696. The maximum absolute atomic E-state index is 11.9. The predicted molar refractivity (Wildman–Crippen MR) is 98.6 cm³/mol. The van der Waals surface area contributed by atoms with Crippen molar-refractivity contribution in [1.82, 2.24) is 0 Å². The van der Waals surface area contributed by atoms with E-state index in [1.165, 1.54) is 11.8 Å². The predicted octanol–water partition coefficient (Wildman–Crippen LogP) is 3.16. The Morgan fingerprint density at radius 1 is 1.21 bits per heavy atom. The fraction of sp³-hybridized carbons (Fsp3) is 0.562. The van der Waals surface area contributed by atoms with Gasteiger partial charge in [-0.15, -0.1) is 11.8 Å². The Balaban J connectivity index is 3.55. The van der Waals surface area contributed by atoms with E-state index in [0.29, 0.717) is 10.6 Å². The molecule has 0 radical (unpaired) electrons. The number of benzene rings is 1. The standard InChI is InChI=1S/C16H26N2O4S2/c1-4-6-8-18(9-7-5-2)13-10-12(16(19)20)11-14(15(13)23-3)24(17,21)22/h10-11H,4-9H2,1-3H3,(H,19,20)(H2,17,21,22). The van der Waals surface area contributed by atoms with E-state index in [-0.39, 0.29) is 10.5 Å². The molecule has 0 spiro atoms. The molecule has 0 amide bonds. The van der Waals surface area contributed by atoms with Crippen molar-refractivity contribution in [3.8, 4) is 0 Å². The summed E-state index contributed by atoms with van der Waals surface area (Å²) in [4.78, 5) is 13.9. The molecular formula is C16H26N2O4S2. The molecule has 0 unspecified atom stereocenters. The highest BCUT2D eigenvalue weighted by molar-refractivity contribution is 7.99. The summed E-state index contributed by atoms with van der Waals surface area (Å²) in [6.07, 6.45) is 5.65. The number of thioether (sulfide) groups is 1. The van der Waals surface area contributed by atoms with Crippen molar-refractivity contribution in [2.24, 2.45) is 5.14 Å². The smallest absolute Gasteiger partial charge is 0.335 e. The van der Waals surface area contributed by atoms with Crippen molar-refractivity contribution < 1.29 is 18.3 Å². The third kappa shape index (κ3) is 5.39. The van der Waals surface area contributed by atoms with Crippen molar-refractivity contribution in [1.29, 1.82) is 0 Å². The minimum absolute atomic E-state index is 0.0650. The number of nitrogens with two attached hydrogens (primary N) is 1. The second kappa shape index (κ2) is 9.29. The third-order valence-corrected chi connectivity index (χ3v) is 5.60. The molecule has 6 nitrogen and oxygen atoms in total. The van der Waals surface area contributed by atoms with Gasteiger partial charge in [-0.25, -0.2) is 18.4 Å². The van der Waals surface area contributed by atoms with E-state index in [9.17, 15) is 18.3 Å². The lowest BCUT2D eigenvalue weighted by atomic mass is 10.1. The number of hydrogen-bond acceptors (Lipinski definition) is 5. The molecule has 0 bridgehead atoms. The summed E-state index contributed by atoms with van der Waals surface area (Å²) in [6, 6.07) is 2.69. The molecule has 8 heteroatoms. The molecule has 0 aromatic heterocycles. The maximum Gasteiger partial charge on any atom is 0.335 e. The first-order valence-electron chi connectivity index (χ1n) is 7.99. The van der Waals surface area contributed by atoms with Gasteiger partial charge in [-0.3, -0.25) is 0 Å². The van der Waals surface area contributed by atoms with Gasteiger partial charge < -0.3 is 10.0 Å². The Kier molecular flexibility index (Phi) is 8.05. The molecule has 1 aromatic carbocycles. The first kappa shape index (κ1) is 20.8. The highest BCUT2D eigenvalue weighted by Gasteiger charge is 2.23. The van der Waals surface area contributed by atoms with Crippen LogP contribution in [0, 0.1) is 0 Å². The first-order valence-corrected chi connectivity index (χ1v) is 10.8. The molecule has 136 valence electrons. The Hall–Kier alpha value is -1.25. The van der Waals surface area contributed by atoms with Gasteiger partial charge in [-0.05, 0) is 31.2 Å². The number of hydrogen-bond donors (Lipinski definition) is 2. The van der Waals surface area contributed by atoms with E-state index in [4.69, 9.17) is 5.14 Å². The topological polar surface area (TPSA) is 101 Å². The molecule has 0 heterocycles. The Labute approximate surface area is 148 Å². The van der Waals surface area contributed by atoms with E-state index >= 15 is 0 Å². The number of anilines is 1. The fourth-order valence-corrected chi connectivity index (χ4v) is 4.32. The number of rotatable bonds is 10. The number of aromatic carboxylic acids is 1. The average Bonchev–Trinajstić information content (AvgIpc) is 2.52. The van der Waals surface area contributed by atoms with E-state index in [2.05, 4.69) is 18.7 Å². The van der Waals surface area contributed by atoms with Crippen LogP contribution < -0.4 is 10.0 Å². The number of unbranched alkanes of at least 4 members (excludes halogenated alkanes) is 2. The van der Waals surface area contributed by atoms with Crippen LogP contribution in [0.3, 0.4) is 0 Å². The summed E-state index contributed by atoms with van der Waals surface area (Å²) >= 11 is 1.27. The SMILES string of the molecule is CCCCN(CCCC)c1cc(C(=O)O)cc(S(N)(=O)=O)c1SC. The molecule has 24 heavy (non-hydrogen) atoms. The summed E-state index contributed by atoms with van der Waals surface area (Å²) in [7, 11) is -4.01. The highest BCUT2D eigenvalue weighted by Crippen LogP contribution is 2.36. The van der Waals surface area contributed by atoms with Gasteiger partial charge in [-0.1, -0.05) is 26.7 Å². The van der Waals surface area contributed by atoms with Crippen LogP contribution in [0.1, 0.15) is 49.9 Å². The quantitative estimate of drug-likeness (QED) is 0.610. The third-order valence-electron chi connectivity index (χ3n) is 3.70. The van der Waals surface area contributed by atoms with Crippen molar-refractivity contribution in [2.45, 2.75) is 49.3 Å². The molecule has 0 aliphatic carbocycles. The monoisotopic (exact) mass is 374 g/mol. The molecule has 0 aliphatic rings. The molecule has 1 rings (SSSR count). The van der Waals surface area contributed by atoms with Gasteiger partial charge in [0.15, 0.2) is 0 Å². The Morgan fingerprint density at radius 3 is 2.12 bits per heavy atom. The summed E-state index contributed by atoms with van der Waals surface area (Å²) < 4.78 is 23.9. The van der Waals surface area contributed by atoms with Crippen LogP contribution in [0.2, 0.25) is 0 Å². The fourth-order valence-electron chi connectivity index (χ4n) is 2.41. The van der Waals surface area contributed by atoms with Gasteiger partial charge in [-0.2, -0.15) is 0 Å². The highest BCUT2D eigenvalue weighted by atomic mass is 32.2. The van der Waals surface area contributed by atoms with E-state index in [1.54, 1.807) is 12.3 Å². The number of primary sulfonamides is 1. The molecule has 0 saturated carbocycles. The summed E-state index contributed by atoms with van der Waals surface area (Å²) in [5.74, 6) is -1.17. The lowest BCUT2D eigenvalue weighted by Crippen LogP contribution is -2.27. The number of carboxylic acids is 1. The molecule has 0 saturated heterocycles. The molecule has 3 N–H and O–H groups in total.